The average Bonchev–Trinajstić information content (AvgIpc) is 2.73. The molecule has 0 bridgehead atoms. The quantitative estimate of drug-likeness (QED) is 0.474. The molecule has 0 saturated heterocycles. The molecule has 0 atom stereocenters. The van der Waals surface area contributed by atoms with E-state index in [1.54, 1.807) is 25.3 Å². The van der Waals surface area contributed by atoms with Gasteiger partial charge in [0, 0.05) is 36.9 Å². The average molecular weight is 463 g/mol. The fourth-order valence-corrected chi connectivity index (χ4v) is 3.80. The topological polar surface area (TPSA) is 93.3 Å². The van der Waals surface area contributed by atoms with Gasteiger partial charge in [0.25, 0.3) is 5.56 Å². The molecule has 2 aromatic carbocycles. The van der Waals surface area contributed by atoms with Gasteiger partial charge >= 0.3 is 5.69 Å². The normalized spacial score (nSPS) is 10.9. The minimum absolute atomic E-state index is 0.0973. The van der Waals surface area contributed by atoms with Gasteiger partial charge in [0.05, 0.1) is 6.54 Å². The number of aromatic amines is 1. The zero-order valence-corrected chi connectivity index (χ0v) is 18.6. The van der Waals surface area contributed by atoms with Crippen LogP contribution in [0.2, 0.25) is 10.0 Å². The summed E-state index contributed by atoms with van der Waals surface area (Å²) in [6.07, 6.45) is 0.651. The van der Waals surface area contributed by atoms with Crippen LogP contribution in [0.25, 0.3) is 0 Å². The van der Waals surface area contributed by atoms with Crippen LogP contribution in [0.5, 0.6) is 0 Å². The van der Waals surface area contributed by atoms with E-state index < -0.39 is 11.2 Å². The van der Waals surface area contributed by atoms with Crippen LogP contribution in [-0.2, 0) is 17.8 Å². The molecule has 0 saturated carbocycles. The molecule has 0 radical (unpaired) electrons. The number of methoxy groups -OCH3 is 1. The molecule has 164 valence electrons. The summed E-state index contributed by atoms with van der Waals surface area (Å²) in [5, 5.41) is 1.00. The van der Waals surface area contributed by atoms with Crippen molar-refractivity contribution in [2.45, 2.75) is 19.5 Å². The number of H-pyrrole nitrogens is 1. The molecule has 1 aromatic heterocycles. The summed E-state index contributed by atoms with van der Waals surface area (Å²) in [5.41, 5.74) is 7.15. The van der Waals surface area contributed by atoms with Gasteiger partial charge in [-0.1, -0.05) is 59.6 Å². The molecule has 0 amide bonds. The number of halogens is 2. The predicted octanol–water partition coefficient (Wildman–Crippen LogP) is 3.52. The van der Waals surface area contributed by atoms with Crippen LogP contribution in [0.4, 0.5) is 11.5 Å². The highest BCUT2D eigenvalue weighted by molar-refractivity contribution is 6.35. The molecule has 31 heavy (non-hydrogen) atoms. The number of hydrogen-bond acceptors (Lipinski definition) is 5. The number of rotatable bonds is 9. The molecule has 3 aromatic rings. The number of nitrogens with two attached hydrogens (primary N) is 1. The van der Waals surface area contributed by atoms with Gasteiger partial charge in [0.2, 0.25) is 0 Å². The molecule has 0 aliphatic carbocycles. The van der Waals surface area contributed by atoms with Crippen molar-refractivity contribution < 1.29 is 4.74 Å². The van der Waals surface area contributed by atoms with E-state index in [2.05, 4.69) is 4.98 Å². The van der Waals surface area contributed by atoms with E-state index in [0.29, 0.717) is 36.2 Å². The zero-order chi connectivity index (χ0) is 22.4. The van der Waals surface area contributed by atoms with Gasteiger partial charge in [-0.25, -0.2) is 4.79 Å². The summed E-state index contributed by atoms with van der Waals surface area (Å²) in [5.74, 6) is 0.0973. The van der Waals surface area contributed by atoms with Crippen molar-refractivity contribution >= 4 is 34.7 Å². The van der Waals surface area contributed by atoms with Crippen molar-refractivity contribution in [3.05, 3.63) is 90.5 Å². The fourth-order valence-electron chi connectivity index (χ4n) is 3.33. The molecule has 7 nitrogen and oxygen atoms in total. The lowest BCUT2D eigenvalue weighted by molar-refractivity contribution is 0.196. The predicted molar refractivity (Wildman–Crippen MR) is 125 cm³/mol. The summed E-state index contributed by atoms with van der Waals surface area (Å²) in [6.45, 7) is 1.54. The lowest BCUT2D eigenvalue weighted by atomic mass is 10.2. The summed E-state index contributed by atoms with van der Waals surface area (Å²) < 4.78 is 6.52. The maximum Gasteiger partial charge on any atom is 0.330 e. The molecule has 0 unspecified atom stereocenters. The standard InChI is InChI=1S/C22H24Cl2N4O3/c1-31-11-5-10-27(14-16-8-9-17(23)12-18(16)24)19-20(25)28(22(30)26-21(19)29)13-15-6-3-2-4-7-15/h2-4,6-9,12H,5,10-11,13-14,25H2,1H3,(H,26,29,30). The Labute approximate surface area is 190 Å². The first-order valence-corrected chi connectivity index (χ1v) is 10.5. The Morgan fingerprint density at radius 1 is 1.13 bits per heavy atom. The van der Waals surface area contributed by atoms with Gasteiger partial charge in [0.1, 0.15) is 11.5 Å². The van der Waals surface area contributed by atoms with E-state index in [-0.39, 0.29) is 18.1 Å². The molecule has 0 aliphatic rings. The van der Waals surface area contributed by atoms with E-state index in [1.165, 1.54) is 4.57 Å². The molecule has 0 fully saturated rings. The van der Waals surface area contributed by atoms with Gasteiger partial charge < -0.3 is 15.4 Å². The number of nitrogens with zero attached hydrogens (tertiary/aromatic N) is 2. The summed E-state index contributed by atoms with van der Waals surface area (Å²) in [7, 11) is 1.61. The minimum atomic E-state index is -0.559. The first-order chi connectivity index (χ1) is 14.9. The Morgan fingerprint density at radius 3 is 2.55 bits per heavy atom. The van der Waals surface area contributed by atoms with Crippen LogP contribution >= 0.6 is 23.2 Å². The van der Waals surface area contributed by atoms with Crippen molar-refractivity contribution in [1.29, 1.82) is 0 Å². The smallest absolute Gasteiger partial charge is 0.330 e. The third-order valence-corrected chi connectivity index (χ3v) is 5.45. The van der Waals surface area contributed by atoms with Crippen molar-refractivity contribution in [3.63, 3.8) is 0 Å². The summed E-state index contributed by atoms with van der Waals surface area (Å²) in [4.78, 5) is 29.5. The highest BCUT2D eigenvalue weighted by Crippen LogP contribution is 2.26. The lowest BCUT2D eigenvalue weighted by Gasteiger charge is -2.27. The zero-order valence-electron chi connectivity index (χ0n) is 17.1. The molecule has 0 spiro atoms. The first-order valence-electron chi connectivity index (χ1n) is 9.75. The fraction of sp³-hybridized carbons (Fsp3) is 0.273. The Bertz CT molecular complexity index is 1150. The van der Waals surface area contributed by atoms with Gasteiger partial charge in [-0.2, -0.15) is 0 Å². The molecule has 3 rings (SSSR count). The first kappa shape index (κ1) is 22.9. The van der Waals surface area contributed by atoms with E-state index >= 15 is 0 Å². The SMILES string of the molecule is COCCCN(Cc1ccc(Cl)cc1Cl)c1c(N)n(Cc2ccccc2)c(=O)[nH]c1=O. The van der Waals surface area contributed by atoms with Crippen molar-refractivity contribution in [2.75, 3.05) is 30.9 Å². The number of hydrogen-bond donors (Lipinski definition) is 2. The third kappa shape index (κ3) is 5.70. The second-order valence-electron chi connectivity index (χ2n) is 7.07. The second kappa shape index (κ2) is 10.5. The van der Waals surface area contributed by atoms with Crippen molar-refractivity contribution in [3.8, 4) is 0 Å². The van der Waals surface area contributed by atoms with E-state index in [1.807, 2.05) is 35.2 Å². The summed E-state index contributed by atoms with van der Waals surface area (Å²) >= 11 is 12.4. The Kier molecular flexibility index (Phi) is 7.79. The van der Waals surface area contributed by atoms with Crippen LogP contribution in [0.1, 0.15) is 17.5 Å². The van der Waals surface area contributed by atoms with Crippen LogP contribution in [0.3, 0.4) is 0 Å². The van der Waals surface area contributed by atoms with Crippen molar-refractivity contribution in [2.24, 2.45) is 0 Å². The Morgan fingerprint density at radius 2 is 1.87 bits per heavy atom. The maximum absolute atomic E-state index is 12.8. The highest BCUT2D eigenvalue weighted by Gasteiger charge is 2.20. The second-order valence-corrected chi connectivity index (χ2v) is 7.91. The van der Waals surface area contributed by atoms with Crippen LogP contribution in [0, 0.1) is 0 Å². The van der Waals surface area contributed by atoms with Crippen molar-refractivity contribution in [1.82, 2.24) is 9.55 Å². The van der Waals surface area contributed by atoms with E-state index in [0.717, 1.165) is 11.1 Å². The van der Waals surface area contributed by atoms with Gasteiger partial charge in [-0.15, -0.1) is 0 Å². The molecule has 1 heterocycles. The number of anilines is 2. The molecule has 9 heteroatoms. The van der Waals surface area contributed by atoms with Crippen LogP contribution < -0.4 is 21.9 Å². The number of nitrogen functional groups attached to an aromatic ring is 1. The maximum atomic E-state index is 12.8. The molecular weight excluding hydrogens is 439 g/mol. The van der Waals surface area contributed by atoms with Gasteiger partial charge in [-0.05, 0) is 29.7 Å². The minimum Gasteiger partial charge on any atom is -0.385 e. The third-order valence-electron chi connectivity index (χ3n) is 4.87. The number of ether oxygens (including phenoxy) is 1. The Balaban J connectivity index is 2.03. The number of benzene rings is 2. The number of nitrogens with one attached hydrogen (secondary N) is 1. The van der Waals surface area contributed by atoms with Gasteiger partial charge in [-0.3, -0.25) is 14.3 Å². The van der Waals surface area contributed by atoms with Gasteiger partial charge in [0.15, 0.2) is 0 Å². The monoisotopic (exact) mass is 462 g/mol. The Hall–Kier alpha value is -2.74. The molecular formula is C22H24Cl2N4O3. The highest BCUT2D eigenvalue weighted by atomic mass is 35.5. The van der Waals surface area contributed by atoms with E-state index in [4.69, 9.17) is 33.7 Å². The molecule has 3 N–H and O–H groups in total. The number of aromatic nitrogens is 2. The lowest BCUT2D eigenvalue weighted by Crippen LogP contribution is -2.39. The largest absolute Gasteiger partial charge is 0.385 e. The molecule has 0 aliphatic heterocycles. The summed E-state index contributed by atoms with van der Waals surface area (Å²) in [6, 6.07) is 14.6. The van der Waals surface area contributed by atoms with Crippen LogP contribution in [0.15, 0.2) is 58.1 Å². The van der Waals surface area contributed by atoms with E-state index in [9.17, 15) is 9.59 Å². The van der Waals surface area contributed by atoms with Crippen LogP contribution in [-0.4, -0.2) is 29.8 Å².